The number of piperidine rings is 1. The lowest BCUT2D eigenvalue weighted by atomic mass is 9.89. The number of hydrogen-bond donors (Lipinski definition) is 3. The first-order valence-electron chi connectivity index (χ1n) is 11.3. The van der Waals surface area contributed by atoms with Gasteiger partial charge in [0.05, 0.1) is 18.8 Å². The lowest BCUT2D eigenvalue weighted by Gasteiger charge is -2.39. The van der Waals surface area contributed by atoms with Gasteiger partial charge >= 0.3 is 6.09 Å². The topological polar surface area (TPSA) is 117 Å². The van der Waals surface area contributed by atoms with Crippen molar-refractivity contribution in [2.45, 2.75) is 57.8 Å². The number of hydrogen-bond acceptors (Lipinski definition) is 5. The van der Waals surface area contributed by atoms with Crippen molar-refractivity contribution in [1.82, 2.24) is 20.0 Å². The maximum atomic E-state index is 12.2. The fourth-order valence-corrected chi connectivity index (χ4v) is 4.86. The molecule has 2 aliphatic heterocycles. The minimum atomic E-state index is -1.07. The molecule has 0 radical (unpaired) electrons. The summed E-state index contributed by atoms with van der Waals surface area (Å²) in [5.74, 6) is -0.0493. The van der Waals surface area contributed by atoms with Crippen molar-refractivity contribution in [3.63, 3.8) is 0 Å². The maximum Gasteiger partial charge on any atom is 0.405 e. The third kappa shape index (κ3) is 6.21. The molecule has 9 nitrogen and oxygen atoms in total. The molecule has 2 aliphatic rings. The summed E-state index contributed by atoms with van der Waals surface area (Å²) >= 11 is 0. The molecule has 2 aromatic rings. The minimum absolute atomic E-state index is 0. The molecule has 11 heteroatoms. The van der Waals surface area contributed by atoms with Crippen LogP contribution in [0.15, 0.2) is 30.6 Å². The number of carboxylic acid groups (broad SMARTS) is 1. The Labute approximate surface area is 212 Å². The summed E-state index contributed by atoms with van der Waals surface area (Å²) in [4.78, 5) is 27.8. The number of carbonyl (C=O) groups excluding carboxylic acids is 1. The summed E-state index contributed by atoms with van der Waals surface area (Å²) < 4.78 is 1.94. The van der Waals surface area contributed by atoms with E-state index in [2.05, 4.69) is 15.3 Å². The van der Waals surface area contributed by atoms with Crippen LogP contribution in [0.3, 0.4) is 0 Å². The average Bonchev–Trinajstić information content (AvgIpc) is 3.21. The van der Waals surface area contributed by atoms with Crippen molar-refractivity contribution in [3.05, 3.63) is 36.2 Å². The zero-order chi connectivity index (χ0) is 22.8. The number of nitrogens with zero attached hydrogens (tertiary/aromatic N) is 4. The third-order valence-corrected chi connectivity index (χ3v) is 6.56. The molecule has 4 rings (SSSR count). The number of fused-ring (bicyclic) bond motifs is 1. The number of likely N-dealkylation sites (tertiary alicyclic amines) is 1. The lowest BCUT2D eigenvalue weighted by molar-refractivity contribution is -0.117. The van der Waals surface area contributed by atoms with Crippen LogP contribution in [0.4, 0.5) is 10.5 Å². The molecule has 2 atom stereocenters. The van der Waals surface area contributed by atoms with Crippen molar-refractivity contribution < 1.29 is 14.7 Å². The normalized spacial score (nSPS) is 20.6. The van der Waals surface area contributed by atoms with E-state index in [0.717, 1.165) is 61.4 Å². The highest BCUT2D eigenvalue weighted by Crippen LogP contribution is 2.39. The minimum Gasteiger partial charge on any atom is -0.465 e. The number of carbonyl (C=O) groups is 2. The summed E-state index contributed by atoms with van der Waals surface area (Å²) in [6.07, 6.45) is 5.40. The molecule has 1 fully saturated rings. The van der Waals surface area contributed by atoms with E-state index in [9.17, 15) is 14.7 Å². The SMILES string of the molecule is CC(=O)N1c2ccc(-c3cnn(CCN4CCC(N)CC4)c3)cc2[C@@H](NC(=O)O)C[C@H]1C.Cl.Cl. The van der Waals surface area contributed by atoms with Gasteiger partial charge in [-0.05, 0) is 62.5 Å². The van der Waals surface area contributed by atoms with Crippen LogP contribution >= 0.6 is 24.8 Å². The molecule has 1 saturated heterocycles. The van der Waals surface area contributed by atoms with Gasteiger partial charge in [0.2, 0.25) is 5.91 Å². The zero-order valence-corrected chi connectivity index (χ0v) is 21.1. The average molecular weight is 513 g/mol. The third-order valence-electron chi connectivity index (χ3n) is 6.56. The van der Waals surface area contributed by atoms with Crippen LogP contribution in [0.2, 0.25) is 0 Å². The predicted octanol–water partition coefficient (Wildman–Crippen LogP) is 3.27. The molecule has 0 bridgehead atoms. The molecule has 0 aliphatic carbocycles. The summed E-state index contributed by atoms with van der Waals surface area (Å²) in [7, 11) is 0. The van der Waals surface area contributed by atoms with Crippen molar-refractivity contribution in [2.24, 2.45) is 5.73 Å². The molecule has 1 aromatic heterocycles. The number of nitrogens with one attached hydrogen (secondary N) is 1. The Morgan fingerprint density at radius 3 is 2.53 bits per heavy atom. The number of amides is 2. The quantitative estimate of drug-likeness (QED) is 0.565. The zero-order valence-electron chi connectivity index (χ0n) is 19.5. The molecule has 1 aromatic carbocycles. The number of nitrogens with two attached hydrogens (primary N) is 1. The van der Waals surface area contributed by atoms with Crippen LogP contribution in [0.5, 0.6) is 0 Å². The van der Waals surface area contributed by atoms with Crippen molar-refractivity contribution in [3.8, 4) is 11.1 Å². The second-order valence-corrected chi connectivity index (χ2v) is 8.92. The number of rotatable bonds is 5. The van der Waals surface area contributed by atoms with Gasteiger partial charge in [-0.1, -0.05) is 6.07 Å². The molecule has 0 spiro atoms. The molecule has 0 saturated carbocycles. The van der Waals surface area contributed by atoms with Gasteiger partial charge in [-0.15, -0.1) is 24.8 Å². The molecule has 0 unspecified atom stereocenters. The van der Waals surface area contributed by atoms with E-state index in [1.54, 1.807) is 11.8 Å². The second kappa shape index (κ2) is 11.9. The molecular formula is C23H34Cl2N6O3. The van der Waals surface area contributed by atoms with Gasteiger partial charge in [0.15, 0.2) is 0 Å². The van der Waals surface area contributed by atoms with Crippen LogP contribution in [0, 0.1) is 0 Å². The smallest absolute Gasteiger partial charge is 0.405 e. The highest BCUT2D eigenvalue weighted by Gasteiger charge is 2.33. The Hall–Kier alpha value is -2.33. The first-order valence-corrected chi connectivity index (χ1v) is 11.3. The van der Waals surface area contributed by atoms with E-state index in [1.165, 1.54) is 0 Å². The van der Waals surface area contributed by atoms with E-state index in [-0.39, 0.29) is 42.8 Å². The van der Waals surface area contributed by atoms with Crippen LogP contribution in [0.25, 0.3) is 11.1 Å². The van der Waals surface area contributed by atoms with Gasteiger partial charge in [-0.3, -0.25) is 9.48 Å². The van der Waals surface area contributed by atoms with E-state index in [4.69, 9.17) is 5.73 Å². The Morgan fingerprint density at radius 1 is 1.18 bits per heavy atom. The van der Waals surface area contributed by atoms with Gasteiger partial charge in [0, 0.05) is 43.0 Å². The highest BCUT2D eigenvalue weighted by atomic mass is 35.5. The van der Waals surface area contributed by atoms with Gasteiger partial charge in [0.25, 0.3) is 0 Å². The van der Waals surface area contributed by atoms with E-state index < -0.39 is 6.09 Å². The number of aromatic nitrogens is 2. The molecule has 34 heavy (non-hydrogen) atoms. The summed E-state index contributed by atoms with van der Waals surface area (Å²) in [5, 5.41) is 16.4. The number of anilines is 1. The fraction of sp³-hybridized carbons (Fsp3) is 0.522. The Morgan fingerprint density at radius 2 is 1.88 bits per heavy atom. The van der Waals surface area contributed by atoms with E-state index in [0.29, 0.717) is 12.5 Å². The van der Waals surface area contributed by atoms with Gasteiger partial charge in [-0.2, -0.15) is 5.10 Å². The standard InChI is InChI=1S/C23H32N6O3.2ClH/c1-15-11-21(26-23(31)32)20-12-17(3-4-22(20)29(15)16(2)30)18-13-25-28(14-18)10-9-27-7-5-19(24)6-8-27;;/h3-4,12-15,19,21,26H,5-11,24H2,1-2H3,(H,31,32);2*1H/t15-,21+;;/m1../s1. The van der Waals surface area contributed by atoms with Gasteiger partial charge < -0.3 is 26.0 Å². The van der Waals surface area contributed by atoms with Crippen LogP contribution in [0.1, 0.15) is 44.7 Å². The molecule has 188 valence electrons. The monoisotopic (exact) mass is 512 g/mol. The molecular weight excluding hydrogens is 479 g/mol. The van der Waals surface area contributed by atoms with E-state index in [1.807, 2.05) is 42.2 Å². The Kier molecular flexibility index (Phi) is 9.75. The van der Waals surface area contributed by atoms with Crippen molar-refractivity contribution >= 4 is 42.5 Å². The van der Waals surface area contributed by atoms with E-state index >= 15 is 0 Å². The molecule has 4 N–H and O–H groups in total. The van der Waals surface area contributed by atoms with Crippen LogP contribution < -0.4 is 16.0 Å². The first kappa shape index (κ1) is 27.9. The number of benzene rings is 1. The van der Waals surface area contributed by atoms with Crippen LogP contribution in [-0.2, 0) is 11.3 Å². The number of halogens is 2. The van der Waals surface area contributed by atoms with Crippen LogP contribution in [-0.4, -0.2) is 63.5 Å². The Bertz CT molecular complexity index is 993. The highest BCUT2D eigenvalue weighted by molar-refractivity contribution is 5.94. The molecule has 3 heterocycles. The lowest BCUT2D eigenvalue weighted by Crippen LogP contribution is -2.45. The maximum absolute atomic E-state index is 12.2. The summed E-state index contributed by atoms with van der Waals surface area (Å²) in [6, 6.07) is 5.73. The fourth-order valence-electron chi connectivity index (χ4n) is 4.86. The Balaban J connectivity index is 0.00000204. The second-order valence-electron chi connectivity index (χ2n) is 8.92. The molecule has 2 amide bonds. The first-order chi connectivity index (χ1) is 15.3. The van der Waals surface area contributed by atoms with Gasteiger partial charge in [-0.25, -0.2) is 4.79 Å². The summed E-state index contributed by atoms with van der Waals surface area (Å²) in [6.45, 7) is 7.29. The van der Waals surface area contributed by atoms with Gasteiger partial charge in [0.1, 0.15) is 0 Å². The van der Waals surface area contributed by atoms with Crippen molar-refractivity contribution in [1.29, 1.82) is 0 Å². The largest absolute Gasteiger partial charge is 0.465 e. The predicted molar refractivity (Wildman–Crippen MR) is 137 cm³/mol. The van der Waals surface area contributed by atoms with Crippen molar-refractivity contribution in [2.75, 3.05) is 24.5 Å². The summed E-state index contributed by atoms with van der Waals surface area (Å²) in [5.41, 5.74) is 9.48.